The first-order chi connectivity index (χ1) is 12.3. The summed E-state index contributed by atoms with van der Waals surface area (Å²) in [5.41, 5.74) is -0.792. The van der Waals surface area contributed by atoms with Crippen LogP contribution >= 0.6 is 0 Å². The van der Waals surface area contributed by atoms with E-state index in [2.05, 4.69) is 4.98 Å². The van der Waals surface area contributed by atoms with Gasteiger partial charge in [0.2, 0.25) is 0 Å². The number of aliphatic hydroxyl groups excluding tert-OH is 1. The van der Waals surface area contributed by atoms with Crippen molar-refractivity contribution in [2.45, 2.75) is 25.1 Å². The summed E-state index contributed by atoms with van der Waals surface area (Å²) in [5.74, 6) is 0.286. The molecular weight excluding hydrogens is 345 g/mol. The van der Waals surface area contributed by atoms with Crippen molar-refractivity contribution in [3.63, 3.8) is 0 Å². The molecule has 138 valence electrons. The highest BCUT2D eigenvalue weighted by molar-refractivity contribution is 5.58. The van der Waals surface area contributed by atoms with Crippen molar-refractivity contribution in [1.82, 2.24) is 9.55 Å². The Hall–Kier alpha value is -2.53. The van der Waals surface area contributed by atoms with E-state index in [1.165, 1.54) is 12.1 Å². The molecule has 1 aromatic heterocycles. The minimum atomic E-state index is -4.55. The molecule has 5 nitrogen and oxygen atoms in total. The Balaban J connectivity index is 1.88. The van der Waals surface area contributed by atoms with Crippen LogP contribution in [0.4, 0.5) is 18.9 Å². The van der Waals surface area contributed by atoms with Gasteiger partial charge in [-0.05, 0) is 31.0 Å². The standard InChI is InChI=1S/C18H19F3N4O/c1-24-8-6-23-17(24)16(26)13-3-2-7-25(11-13)15-5-4-12(10-22)9-14(15)18(19,20)21/h4-6,8-9,13,16,26H,2-3,7,11H2,1H3. The van der Waals surface area contributed by atoms with Gasteiger partial charge in [-0.3, -0.25) is 0 Å². The molecule has 0 saturated carbocycles. The SMILES string of the molecule is Cn1ccnc1C(O)C1CCCN(c2ccc(C#N)cc2C(F)(F)F)C1. The summed E-state index contributed by atoms with van der Waals surface area (Å²) < 4.78 is 42.1. The molecule has 1 aliphatic rings. The van der Waals surface area contributed by atoms with E-state index in [9.17, 15) is 18.3 Å². The summed E-state index contributed by atoms with van der Waals surface area (Å²) in [4.78, 5) is 5.79. The summed E-state index contributed by atoms with van der Waals surface area (Å²) in [6.45, 7) is 0.766. The maximum atomic E-state index is 13.5. The molecule has 1 saturated heterocycles. The van der Waals surface area contributed by atoms with Gasteiger partial charge in [0.05, 0.1) is 17.2 Å². The lowest BCUT2D eigenvalue weighted by atomic mass is 9.91. The van der Waals surface area contributed by atoms with Gasteiger partial charge in [0.1, 0.15) is 11.9 Å². The van der Waals surface area contributed by atoms with Crippen LogP contribution in [-0.2, 0) is 13.2 Å². The number of benzene rings is 1. The summed E-state index contributed by atoms with van der Waals surface area (Å²) >= 11 is 0. The number of rotatable bonds is 3. The molecule has 0 spiro atoms. The zero-order chi connectivity index (χ0) is 18.9. The first-order valence-electron chi connectivity index (χ1n) is 8.33. The first kappa shape index (κ1) is 18.3. The molecule has 1 aliphatic heterocycles. The van der Waals surface area contributed by atoms with Crippen LogP contribution in [0.5, 0.6) is 0 Å². The number of imidazole rings is 1. The molecular formula is C18H19F3N4O. The number of aliphatic hydroxyl groups is 1. The molecule has 0 radical (unpaired) electrons. The van der Waals surface area contributed by atoms with Gasteiger partial charge in [-0.2, -0.15) is 18.4 Å². The van der Waals surface area contributed by atoms with Gasteiger partial charge >= 0.3 is 6.18 Å². The van der Waals surface area contributed by atoms with Crippen LogP contribution in [0.3, 0.4) is 0 Å². The molecule has 0 bridgehead atoms. The average Bonchev–Trinajstić information content (AvgIpc) is 3.06. The Kier molecular flexibility index (Phi) is 4.92. The number of hydrogen-bond donors (Lipinski definition) is 1. The monoisotopic (exact) mass is 364 g/mol. The molecule has 26 heavy (non-hydrogen) atoms. The Bertz CT molecular complexity index is 825. The Morgan fingerprint density at radius 2 is 2.15 bits per heavy atom. The van der Waals surface area contributed by atoms with E-state index in [1.54, 1.807) is 35.0 Å². The van der Waals surface area contributed by atoms with Crippen molar-refractivity contribution in [2.75, 3.05) is 18.0 Å². The van der Waals surface area contributed by atoms with E-state index in [-0.39, 0.29) is 17.2 Å². The van der Waals surface area contributed by atoms with Crippen LogP contribution in [0.25, 0.3) is 0 Å². The van der Waals surface area contributed by atoms with Gasteiger partial charge in [0, 0.05) is 44.1 Å². The van der Waals surface area contributed by atoms with Crippen molar-refractivity contribution in [3.8, 4) is 6.07 Å². The lowest BCUT2D eigenvalue weighted by Crippen LogP contribution is -2.39. The molecule has 1 aromatic carbocycles. The van der Waals surface area contributed by atoms with Gasteiger partial charge < -0.3 is 14.6 Å². The molecule has 2 aromatic rings. The highest BCUT2D eigenvalue weighted by Gasteiger charge is 2.37. The smallest absolute Gasteiger partial charge is 0.385 e. The minimum Gasteiger partial charge on any atom is -0.385 e. The minimum absolute atomic E-state index is 0.0253. The number of anilines is 1. The molecule has 8 heteroatoms. The molecule has 2 heterocycles. The summed E-state index contributed by atoms with van der Waals surface area (Å²) in [7, 11) is 1.77. The third-order valence-electron chi connectivity index (χ3n) is 4.80. The number of halogens is 3. The van der Waals surface area contributed by atoms with Crippen molar-refractivity contribution in [2.24, 2.45) is 13.0 Å². The fourth-order valence-electron chi connectivity index (χ4n) is 3.47. The third kappa shape index (κ3) is 3.53. The number of nitrogens with zero attached hydrogens (tertiary/aromatic N) is 4. The maximum Gasteiger partial charge on any atom is 0.418 e. The Labute approximate surface area is 149 Å². The number of aromatic nitrogens is 2. The van der Waals surface area contributed by atoms with Crippen molar-refractivity contribution in [1.29, 1.82) is 5.26 Å². The quantitative estimate of drug-likeness (QED) is 0.908. The third-order valence-corrected chi connectivity index (χ3v) is 4.80. The zero-order valence-corrected chi connectivity index (χ0v) is 14.2. The second-order valence-corrected chi connectivity index (χ2v) is 6.53. The first-order valence-corrected chi connectivity index (χ1v) is 8.33. The molecule has 2 unspecified atom stereocenters. The normalized spacial score (nSPS) is 19.2. The second-order valence-electron chi connectivity index (χ2n) is 6.53. The summed E-state index contributed by atoms with van der Waals surface area (Å²) in [5, 5.41) is 19.5. The highest BCUT2D eigenvalue weighted by Crippen LogP contribution is 2.39. The highest BCUT2D eigenvalue weighted by atomic mass is 19.4. The van der Waals surface area contributed by atoms with Gasteiger partial charge in [-0.1, -0.05) is 0 Å². The fraction of sp³-hybridized carbons (Fsp3) is 0.444. The largest absolute Gasteiger partial charge is 0.418 e. The van der Waals surface area contributed by atoms with Gasteiger partial charge in [0.25, 0.3) is 0 Å². The number of hydrogen-bond acceptors (Lipinski definition) is 4. The number of aryl methyl sites for hydroxylation is 1. The van der Waals surface area contributed by atoms with E-state index in [0.717, 1.165) is 6.07 Å². The molecule has 1 fully saturated rings. The molecule has 2 atom stereocenters. The fourth-order valence-corrected chi connectivity index (χ4v) is 3.47. The topological polar surface area (TPSA) is 65.1 Å². The van der Waals surface area contributed by atoms with E-state index >= 15 is 0 Å². The van der Waals surface area contributed by atoms with Crippen molar-refractivity contribution < 1.29 is 18.3 Å². The van der Waals surface area contributed by atoms with Crippen molar-refractivity contribution in [3.05, 3.63) is 47.5 Å². The summed E-state index contributed by atoms with van der Waals surface area (Å²) in [6.07, 6.45) is -0.701. The van der Waals surface area contributed by atoms with Crippen molar-refractivity contribution >= 4 is 5.69 Å². The maximum absolute atomic E-state index is 13.5. The predicted molar refractivity (Wildman–Crippen MR) is 89.3 cm³/mol. The average molecular weight is 364 g/mol. The molecule has 1 N–H and O–H groups in total. The Morgan fingerprint density at radius 3 is 2.77 bits per heavy atom. The van der Waals surface area contributed by atoms with Crippen LogP contribution < -0.4 is 4.90 Å². The molecule has 0 amide bonds. The molecule has 3 rings (SSSR count). The number of nitriles is 1. The second kappa shape index (κ2) is 7.00. The zero-order valence-electron chi connectivity index (χ0n) is 14.2. The van der Waals surface area contributed by atoms with Gasteiger partial charge in [0.15, 0.2) is 0 Å². The summed E-state index contributed by atoms with van der Waals surface area (Å²) in [6, 6.07) is 5.37. The van der Waals surface area contributed by atoms with Crippen LogP contribution in [-0.4, -0.2) is 27.7 Å². The molecule has 0 aliphatic carbocycles. The number of alkyl halides is 3. The van der Waals surface area contributed by atoms with Gasteiger partial charge in [-0.25, -0.2) is 4.98 Å². The van der Waals surface area contributed by atoms with E-state index in [1.807, 2.05) is 0 Å². The van der Waals surface area contributed by atoms with Crippen LogP contribution in [0.1, 0.15) is 35.9 Å². The van der Waals surface area contributed by atoms with Gasteiger partial charge in [-0.15, -0.1) is 0 Å². The lowest BCUT2D eigenvalue weighted by molar-refractivity contribution is -0.137. The van der Waals surface area contributed by atoms with Crippen LogP contribution in [0.15, 0.2) is 30.6 Å². The number of piperidine rings is 1. The van der Waals surface area contributed by atoms with E-state index < -0.39 is 17.8 Å². The Morgan fingerprint density at radius 1 is 1.38 bits per heavy atom. The lowest BCUT2D eigenvalue weighted by Gasteiger charge is -2.37. The predicted octanol–water partition coefficient (Wildman–Crippen LogP) is 3.26. The van der Waals surface area contributed by atoms with Crippen LogP contribution in [0.2, 0.25) is 0 Å². The van der Waals surface area contributed by atoms with E-state index in [0.29, 0.717) is 31.8 Å². The van der Waals surface area contributed by atoms with E-state index in [4.69, 9.17) is 5.26 Å². The van der Waals surface area contributed by atoms with Crippen LogP contribution in [0, 0.1) is 17.2 Å².